The fraction of sp³-hybridized carbons (Fsp3) is 0.630. The van der Waals surface area contributed by atoms with Crippen molar-refractivity contribution in [2.45, 2.75) is 82.8 Å². The second kappa shape index (κ2) is 14.6. The van der Waals surface area contributed by atoms with Crippen LogP contribution in [0.15, 0.2) is 23.8 Å². The summed E-state index contributed by atoms with van der Waals surface area (Å²) < 4.78 is 79.6. The van der Waals surface area contributed by atoms with Gasteiger partial charge in [-0.2, -0.15) is 0 Å². The van der Waals surface area contributed by atoms with E-state index in [-0.39, 0.29) is 23.7 Å². The lowest BCUT2D eigenvalue weighted by atomic mass is 9.83. The Bertz CT molecular complexity index is 1340. The molecule has 4 rings (SSSR count). The van der Waals surface area contributed by atoms with Gasteiger partial charge in [0, 0.05) is 5.57 Å². The Hall–Kier alpha value is -1.75. The number of amides is 1. The van der Waals surface area contributed by atoms with E-state index in [4.69, 9.17) is 45.7 Å². The highest BCUT2D eigenvalue weighted by molar-refractivity contribution is 7.95. The van der Waals surface area contributed by atoms with Gasteiger partial charge in [0.25, 0.3) is 0 Å². The third-order valence-corrected chi connectivity index (χ3v) is 8.59. The van der Waals surface area contributed by atoms with Crippen molar-refractivity contribution in [3.05, 3.63) is 34.9 Å². The monoisotopic (exact) mass is 649 g/mol. The molecule has 1 aromatic rings. The maximum Gasteiger partial charge on any atom is 0.335 e. The van der Waals surface area contributed by atoms with Gasteiger partial charge in [-0.1, -0.05) is 19.9 Å². The highest BCUT2D eigenvalue weighted by Crippen LogP contribution is 2.43. The smallest absolute Gasteiger partial charge is 0.335 e. The van der Waals surface area contributed by atoms with Gasteiger partial charge in [-0.25, -0.2) is 4.79 Å². The molecule has 43 heavy (non-hydrogen) atoms. The molecule has 0 radical (unpaired) electrons. The van der Waals surface area contributed by atoms with E-state index in [1.165, 1.54) is 0 Å². The molecule has 2 heterocycles. The molecule has 12 nitrogen and oxygen atoms in total. The molecular formula is C27H39B2NO11S2. The Kier molecular flexibility index (Phi) is 8.96. The number of rotatable bonds is 16. The van der Waals surface area contributed by atoms with Crippen LogP contribution in [0.3, 0.4) is 0 Å². The van der Waals surface area contributed by atoms with Crippen LogP contribution in [0.1, 0.15) is 31.9 Å². The minimum absolute atomic E-state index is 0.00983. The molecule has 1 aromatic carbocycles. The molecule has 2 saturated heterocycles. The number of nitrogens with one attached hydrogen (secondary N) is 1. The van der Waals surface area contributed by atoms with E-state index in [1.807, 2.05) is 0 Å². The van der Waals surface area contributed by atoms with E-state index < -0.39 is 87.9 Å². The molecule has 236 valence electrons. The van der Waals surface area contributed by atoms with Crippen molar-refractivity contribution in [1.29, 1.82) is 8.21 Å². The first-order chi connectivity index (χ1) is 23.2. The highest BCUT2D eigenvalue weighted by Gasteiger charge is 2.57. The Balaban J connectivity index is 1.48. The third kappa shape index (κ3) is 7.39. The molecule has 2 aliphatic heterocycles. The first-order valence-corrected chi connectivity index (χ1v) is 15.4. The summed E-state index contributed by atoms with van der Waals surface area (Å²) in [7, 11) is -2.30. The van der Waals surface area contributed by atoms with Gasteiger partial charge in [0.2, 0.25) is 15.1 Å². The number of benzene rings is 1. The van der Waals surface area contributed by atoms with Gasteiger partial charge in [-0.3, -0.25) is 4.79 Å². The predicted molar refractivity (Wildman–Crippen MR) is 166 cm³/mol. The largest absolute Gasteiger partial charge is 0.479 e. The Morgan fingerprint density at radius 2 is 1.95 bits per heavy atom. The van der Waals surface area contributed by atoms with Crippen LogP contribution < -0.4 is 10.1 Å². The minimum Gasteiger partial charge on any atom is -0.479 e. The number of carboxylic acids is 1. The van der Waals surface area contributed by atoms with Crippen LogP contribution in [0, 0.1) is 12.3 Å². The Morgan fingerprint density at radius 1 is 1.23 bits per heavy atom. The summed E-state index contributed by atoms with van der Waals surface area (Å²) >= 11 is 1.70. The SMILES string of the molecule is [2H]B([3H])CSO[C@@H]1C(NC(=O)/C(C)=C/c2ccc(O[C@@H]3O[C@H](C(=O)O)[C@@H](OSCB([2H])[3H])C3(C)C)c(C)c2)[C@H](O[3H])[C@@H](O[3H])[C@H]2OCO[C@H]21. The standard InChI is InChI=1S/C27H39B2NO11S2/c1-12-7-14(5-6-15(12)38-26-27(3,4)23(41-43-10-29)22(39-26)25(34)35)8-13(2)24(33)30-16-17(31)18(32)20-21(37-11-36-20)19(16)40-42-9-28/h5-8,16-23,26,31-32H,9-11,28-29H2,1-4H3,(H,30,33)(H,34,35)/b13-8+/t16?,17-,18+,19+,20+,21-,22-,23+,26+/m0/s1/i28TD,29TD,31T,32T. The summed E-state index contributed by atoms with van der Waals surface area (Å²) in [5, 5.41) is 22.3. The summed E-state index contributed by atoms with van der Waals surface area (Å²) in [5.74, 6) is -1.34. The number of hydrogen-bond donors (Lipinski definition) is 4. The van der Waals surface area contributed by atoms with Crippen molar-refractivity contribution in [2.75, 3.05) is 18.1 Å². The summed E-state index contributed by atoms with van der Waals surface area (Å²) in [6, 6.07) is 4.12. The quantitative estimate of drug-likeness (QED) is 0.106. The molecular weight excluding hydrogens is 600 g/mol. The number of fused-ring (bicyclic) bond motifs is 1. The molecule has 9 atom stereocenters. The average molecular weight is 649 g/mol. The van der Waals surface area contributed by atoms with Crippen molar-refractivity contribution in [3.63, 3.8) is 0 Å². The maximum absolute atomic E-state index is 13.5. The number of carboxylic acid groups (broad SMARTS) is 1. The molecule has 1 amide bonds. The number of aliphatic carboxylic acids is 1. The second-order valence-corrected chi connectivity index (χ2v) is 12.5. The van der Waals surface area contributed by atoms with E-state index >= 15 is 0 Å². The summed E-state index contributed by atoms with van der Waals surface area (Å²) in [5.41, 5.74) is 0.712. The summed E-state index contributed by atoms with van der Waals surface area (Å²) in [6.07, 6.45) is -6.39. The van der Waals surface area contributed by atoms with Crippen LogP contribution in [0.2, 0.25) is 0 Å². The topological polar surface area (TPSA) is 162 Å². The van der Waals surface area contributed by atoms with Crippen LogP contribution in [-0.2, 0) is 32.2 Å². The molecule has 0 spiro atoms. The maximum atomic E-state index is 13.5. The third-order valence-electron chi connectivity index (χ3n) is 7.61. The molecule has 0 aromatic heterocycles. The van der Waals surface area contributed by atoms with E-state index in [2.05, 4.69) is 5.32 Å². The molecule has 1 saturated carbocycles. The van der Waals surface area contributed by atoms with E-state index in [0.717, 1.165) is 24.1 Å². The number of carbonyl (C=O) groups excluding carboxylic acids is 1. The average Bonchev–Trinajstić information content (AvgIpc) is 3.61. The lowest BCUT2D eigenvalue weighted by Crippen LogP contribution is -2.67. The molecule has 0 bridgehead atoms. The van der Waals surface area contributed by atoms with Crippen molar-refractivity contribution >= 4 is 57.6 Å². The molecule has 1 aliphatic carbocycles. The predicted octanol–water partition coefficient (Wildman–Crippen LogP) is -0.177. The number of aryl methyl sites for hydroxylation is 1. The molecule has 16 heteroatoms. The lowest BCUT2D eigenvalue weighted by Gasteiger charge is -2.43. The van der Waals surface area contributed by atoms with Gasteiger partial charge in [-0.05, 0) is 83.9 Å². The van der Waals surface area contributed by atoms with Crippen molar-refractivity contribution in [3.8, 4) is 5.75 Å². The molecule has 3 fully saturated rings. The highest BCUT2D eigenvalue weighted by atomic mass is 32.2. The van der Waals surface area contributed by atoms with Gasteiger partial charge in [0.05, 0.1) is 11.5 Å². The van der Waals surface area contributed by atoms with E-state index in [1.54, 1.807) is 52.0 Å². The van der Waals surface area contributed by atoms with Crippen molar-refractivity contribution in [2.24, 2.45) is 5.41 Å². The van der Waals surface area contributed by atoms with Gasteiger partial charge in [0.15, 0.2) is 6.10 Å². The second-order valence-electron chi connectivity index (χ2n) is 11.0. The Labute approximate surface area is 270 Å². The van der Waals surface area contributed by atoms with E-state index in [9.17, 15) is 14.7 Å². The minimum atomic E-state index is -1.33. The van der Waals surface area contributed by atoms with Crippen LogP contribution in [0.25, 0.3) is 6.08 Å². The van der Waals surface area contributed by atoms with Gasteiger partial charge in [-0.15, -0.1) is 0 Å². The zero-order chi connectivity index (χ0) is 36.0. The van der Waals surface area contributed by atoms with Gasteiger partial charge < -0.3 is 48.0 Å². The molecule has 1 unspecified atom stereocenters. The molecule has 3 aliphatic rings. The number of aliphatic hydroxyl groups excluding tert-OH is 2. The van der Waals surface area contributed by atoms with Crippen molar-refractivity contribution < 1.29 is 52.2 Å². The first kappa shape index (κ1) is 26.5. The lowest BCUT2D eigenvalue weighted by molar-refractivity contribution is -0.161. The first-order valence-electron chi connectivity index (χ1n) is 16.7. The summed E-state index contributed by atoms with van der Waals surface area (Å²) in [4.78, 5) is 25.4. The van der Waals surface area contributed by atoms with Crippen LogP contribution in [-0.4, -0.2) is 124 Å². The normalized spacial score (nSPS) is 35.3. The van der Waals surface area contributed by atoms with Crippen LogP contribution in [0.4, 0.5) is 0 Å². The molecule has 4 N–H and O–H groups in total. The van der Waals surface area contributed by atoms with Crippen LogP contribution >= 0.6 is 24.1 Å². The fourth-order valence-corrected chi connectivity index (χ4v) is 6.32. The number of ether oxygens (including phenoxy) is 4. The van der Waals surface area contributed by atoms with Crippen LogP contribution in [0.5, 0.6) is 5.75 Å². The fourth-order valence-electron chi connectivity index (χ4n) is 5.28. The summed E-state index contributed by atoms with van der Waals surface area (Å²) in [6.45, 7) is 6.75. The zero-order valence-corrected chi connectivity index (χ0v) is 25.8. The Morgan fingerprint density at radius 3 is 2.63 bits per heavy atom. The van der Waals surface area contributed by atoms with Crippen molar-refractivity contribution in [1.82, 2.24) is 5.32 Å². The van der Waals surface area contributed by atoms with Gasteiger partial charge >= 0.3 is 5.97 Å². The zero-order valence-electron chi connectivity index (χ0n) is 30.1. The number of hydrogen-bond acceptors (Lipinski definition) is 12. The number of aliphatic hydroxyl groups is 2. The number of carbonyl (C=O) groups is 2. The van der Waals surface area contributed by atoms with E-state index in [0.29, 0.717) is 16.9 Å². The van der Waals surface area contributed by atoms with Gasteiger partial charge in [0.1, 0.15) is 64.7 Å².